The summed E-state index contributed by atoms with van der Waals surface area (Å²) < 4.78 is 0.978. The minimum Gasteiger partial charge on any atom is -0.333 e. The standard InChI is InChI=1S/C12H8BrN3S/c13-8-5-6-11(14-7-8)17-12-15-9-3-1-2-4-10(9)16-12/h1-7H,(H,15,16). The second kappa shape index (κ2) is 4.50. The minimum atomic E-state index is 0.862. The highest BCUT2D eigenvalue weighted by Gasteiger charge is 2.04. The highest BCUT2D eigenvalue weighted by Crippen LogP contribution is 2.26. The molecule has 0 aliphatic rings. The maximum absolute atomic E-state index is 4.49. The van der Waals surface area contributed by atoms with Gasteiger partial charge in [0.15, 0.2) is 5.16 Å². The molecule has 0 fully saturated rings. The third-order valence-electron chi connectivity index (χ3n) is 2.27. The van der Waals surface area contributed by atoms with Gasteiger partial charge in [0.25, 0.3) is 0 Å². The first kappa shape index (κ1) is 10.8. The van der Waals surface area contributed by atoms with Crippen LogP contribution >= 0.6 is 27.7 Å². The van der Waals surface area contributed by atoms with Crippen LogP contribution in [0, 0.1) is 0 Å². The quantitative estimate of drug-likeness (QED) is 0.781. The molecule has 0 radical (unpaired) electrons. The number of imidazole rings is 1. The van der Waals surface area contributed by atoms with Crippen molar-refractivity contribution in [2.24, 2.45) is 0 Å². The first-order chi connectivity index (χ1) is 8.31. The average molecular weight is 306 g/mol. The fraction of sp³-hybridized carbons (Fsp3) is 0. The third kappa shape index (κ3) is 2.35. The summed E-state index contributed by atoms with van der Waals surface area (Å²) >= 11 is 4.89. The normalized spacial score (nSPS) is 10.9. The van der Waals surface area contributed by atoms with Crippen molar-refractivity contribution in [3.8, 4) is 0 Å². The van der Waals surface area contributed by atoms with Crippen LogP contribution in [-0.2, 0) is 0 Å². The SMILES string of the molecule is Brc1ccc(Sc2nc3ccccc3[nH]2)nc1. The molecule has 0 atom stereocenters. The van der Waals surface area contributed by atoms with E-state index in [1.54, 1.807) is 6.20 Å². The lowest BCUT2D eigenvalue weighted by Gasteiger charge is -1.96. The number of fused-ring (bicyclic) bond motifs is 1. The van der Waals surface area contributed by atoms with Crippen molar-refractivity contribution in [3.63, 3.8) is 0 Å². The lowest BCUT2D eigenvalue weighted by Crippen LogP contribution is -1.80. The molecule has 0 aliphatic heterocycles. The zero-order valence-electron chi connectivity index (χ0n) is 8.72. The molecule has 3 nitrogen and oxygen atoms in total. The Labute approximate surface area is 111 Å². The van der Waals surface area contributed by atoms with Gasteiger partial charge in [-0.3, -0.25) is 0 Å². The molecule has 17 heavy (non-hydrogen) atoms. The lowest BCUT2D eigenvalue weighted by atomic mass is 10.3. The van der Waals surface area contributed by atoms with E-state index in [0.29, 0.717) is 0 Å². The van der Waals surface area contributed by atoms with Gasteiger partial charge in [0, 0.05) is 10.7 Å². The summed E-state index contributed by atoms with van der Waals surface area (Å²) in [5, 5.41) is 1.79. The Hall–Kier alpha value is -1.33. The summed E-state index contributed by atoms with van der Waals surface area (Å²) in [6.07, 6.45) is 1.78. The number of nitrogens with one attached hydrogen (secondary N) is 1. The molecule has 0 bridgehead atoms. The van der Waals surface area contributed by atoms with Gasteiger partial charge in [-0.25, -0.2) is 9.97 Å². The van der Waals surface area contributed by atoms with Crippen molar-refractivity contribution in [3.05, 3.63) is 47.1 Å². The van der Waals surface area contributed by atoms with E-state index in [0.717, 1.165) is 25.7 Å². The summed E-state index contributed by atoms with van der Waals surface area (Å²) in [6, 6.07) is 11.9. The van der Waals surface area contributed by atoms with E-state index in [9.17, 15) is 0 Å². The van der Waals surface area contributed by atoms with Gasteiger partial charge >= 0.3 is 0 Å². The Balaban J connectivity index is 1.92. The first-order valence-corrected chi connectivity index (χ1v) is 6.66. The van der Waals surface area contributed by atoms with Crippen LogP contribution in [0.3, 0.4) is 0 Å². The van der Waals surface area contributed by atoms with Crippen molar-refractivity contribution in [1.29, 1.82) is 0 Å². The first-order valence-electron chi connectivity index (χ1n) is 5.05. The van der Waals surface area contributed by atoms with Gasteiger partial charge in [-0.1, -0.05) is 12.1 Å². The van der Waals surface area contributed by atoms with Gasteiger partial charge in [-0.15, -0.1) is 0 Å². The van der Waals surface area contributed by atoms with Crippen LogP contribution in [0.1, 0.15) is 0 Å². The molecule has 1 N–H and O–H groups in total. The zero-order chi connectivity index (χ0) is 11.7. The molecule has 3 aromatic rings. The van der Waals surface area contributed by atoms with Gasteiger partial charge in [-0.2, -0.15) is 0 Å². The number of hydrogen-bond donors (Lipinski definition) is 1. The van der Waals surface area contributed by atoms with Crippen LogP contribution < -0.4 is 0 Å². The smallest absolute Gasteiger partial charge is 0.172 e. The molecule has 2 heterocycles. The number of benzene rings is 1. The van der Waals surface area contributed by atoms with E-state index in [1.165, 1.54) is 11.8 Å². The van der Waals surface area contributed by atoms with Gasteiger partial charge in [0.1, 0.15) is 5.03 Å². The molecule has 2 aromatic heterocycles. The van der Waals surface area contributed by atoms with Crippen LogP contribution in [0.4, 0.5) is 0 Å². The Morgan fingerprint density at radius 1 is 1.12 bits per heavy atom. The number of pyridine rings is 1. The summed E-state index contributed by atoms with van der Waals surface area (Å²) in [4.78, 5) is 12.0. The number of aromatic nitrogens is 3. The van der Waals surface area contributed by atoms with Crippen molar-refractivity contribution in [1.82, 2.24) is 15.0 Å². The molecule has 0 aliphatic carbocycles. The molecule has 0 spiro atoms. The van der Waals surface area contributed by atoms with Crippen molar-refractivity contribution < 1.29 is 0 Å². The van der Waals surface area contributed by atoms with Gasteiger partial charge in [-0.05, 0) is 52.0 Å². The Kier molecular flexibility index (Phi) is 2.86. The maximum Gasteiger partial charge on any atom is 0.172 e. The Morgan fingerprint density at radius 3 is 2.76 bits per heavy atom. The van der Waals surface area contributed by atoms with E-state index >= 15 is 0 Å². The Morgan fingerprint density at radius 2 is 2.00 bits per heavy atom. The number of nitrogens with zero attached hydrogens (tertiary/aromatic N) is 2. The van der Waals surface area contributed by atoms with E-state index in [-0.39, 0.29) is 0 Å². The Bertz CT molecular complexity index is 615. The molecule has 3 rings (SSSR count). The topological polar surface area (TPSA) is 41.6 Å². The third-order valence-corrected chi connectivity index (χ3v) is 3.58. The molecular formula is C12H8BrN3S. The fourth-order valence-corrected chi connectivity index (χ4v) is 2.48. The zero-order valence-corrected chi connectivity index (χ0v) is 11.1. The number of hydrogen-bond acceptors (Lipinski definition) is 3. The number of para-hydroxylation sites is 2. The second-order valence-corrected chi connectivity index (χ2v) is 5.40. The van der Waals surface area contributed by atoms with Crippen LogP contribution in [-0.4, -0.2) is 15.0 Å². The largest absolute Gasteiger partial charge is 0.333 e. The minimum absolute atomic E-state index is 0.862. The fourth-order valence-electron chi connectivity index (χ4n) is 1.50. The van der Waals surface area contributed by atoms with E-state index < -0.39 is 0 Å². The van der Waals surface area contributed by atoms with Gasteiger partial charge < -0.3 is 4.98 Å². The average Bonchev–Trinajstić information content (AvgIpc) is 2.74. The van der Waals surface area contributed by atoms with E-state index in [2.05, 4.69) is 30.9 Å². The van der Waals surface area contributed by atoms with Gasteiger partial charge in [0.2, 0.25) is 0 Å². The highest BCUT2D eigenvalue weighted by atomic mass is 79.9. The van der Waals surface area contributed by atoms with Gasteiger partial charge in [0.05, 0.1) is 11.0 Å². The van der Waals surface area contributed by atoms with Crippen LogP contribution in [0.2, 0.25) is 0 Å². The number of H-pyrrole nitrogens is 1. The molecule has 1 aromatic carbocycles. The molecule has 84 valence electrons. The van der Waals surface area contributed by atoms with E-state index in [4.69, 9.17) is 0 Å². The predicted molar refractivity (Wildman–Crippen MR) is 72.2 cm³/mol. The highest BCUT2D eigenvalue weighted by molar-refractivity contribution is 9.10. The van der Waals surface area contributed by atoms with Crippen molar-refractivity contribution >= 4 is 38.7 Å². The monoisotopic (exact) mass is 305 g/mol. The summed E-state index contributed by atoms with van der Waals surface area (Å²) in [5.74, 6) is 0. The predicted octanol–water partition coefficient (Wildman–Crippen LogP) is 3.87. The molecule has 0 amide bonds. The maximum atomic E-state index is 4.49. The van der Waals surface area contributed by atoms with Crippen molar-refractivity contribution in [2.45, 2.75) is 10.2 Å². The van der Waals surface area contributed by atoms with Crippen LogP contribution in [0.15, 0.2) is 57.3 Å². The summed E-state index contributed by atoms with van der Waals surface area (Å²) in [6.45, 7) is 0. The van der Waals surface area contributed by atoms with Crippen molar-refractivity contribution in [2.75, 3.05) is 0 Å². The lowest BCUT2D eigenvalue weighted by molar-refractivity contribution is 1.05. The number of rotatable bonds is 2. The molecule has 0 unspecified atom stereocenters. The summed E-state index contributed by atoms with van der Waals surface area (Å²) in [7, 11) is 0. The van der Waals surface area contributed by atoms with Crippen LogP contribution in [0.25, 0.3) is 11.0 Å². The molecule has 5 heteroatoms. The van der Waals surface area contributed by atoms with Crippen LogP contribution in [0.5, 0.6) is 0 Å². The number of halogens is 1. The molecular weight excluding hydrogens is 298 g/mol. The number of aromatic amines is 1. The molecule has 0 saturated carbocycles. The second-order valence-electron chi connectivity index (χ2n) is 3.48. The summed E-state index contributed by atoms with van der Waals surface area (Å²) in [5.41, 5.74) is 2.03. The molecule has 0 saturated heterocycles. The van der Waals surface area contributed by atoms with E-state index in [1.807, 2.05) is 36.4 Å².